The maximum atomic E-state index is 13.9. The second kappa shape index (κ2) is 10.5. The molecule has 1 aliphatic rings. The summed E-state index contributed by atoms with van der Waals surface area (Å²) in [4.78, 5) is 33.6. The van der Waals surface area contributed by atoms with Gasteiger partial charge in [0.25, 0.3) is 5.56 Å². The SMILES string of the molecule is CCOc1ccc(NC(=O)CSc2nc3sc4c(c3c(=O)n2-c2ccc(C)cc2)CCC(C)C4)cc1. The first-order valence-corrected chi connectivity index (χ1v) is 14.0. The lowest BCUT2D eigenvalue weighted by Crippen LogP contribution is -2.23. The Morgan fingerprint density at radius 1 is 1.19 bits per heavy atom. The summed E-state index contributed by atoms with van der Waals surface area (Å²) in [5.41, 5.74) is 3.69. The lowest BCUT2D eigenvalue weighted by Gasteiger charge is -2.18. The number of ether oxygens (including phenoxy) is 1. The van der Waals surface area contributed by atoms with Crippen LogP contribution in [0.1, 0.15) is 36.3 Å². The van der Waals surface area contributed by atoms with Crippen LogP contribution in [0.3, 0.4) is 0 Å². The first kappa shape index (κ1) is 24.6. The predicted molar refractivity (Wildman–Crippen MR) is 148 cm³/mol. The van der Waals surface area contributed by atoms with Crippen molar-refractivity contribution in [3.63, 3.8) is 0 Å². The third-order valence-corrected chi connectivity index (χ3v) is 8.46. The second-order valence-electron chi connectivity index (χ2n) is 9.20. The molecular weight excluding hydrogens is 490 g/mol. The number of thioether (sulfide) groups is 1. The zero-order chi connectivity index (χ0) is 25.2. The predicted octanol–water partition coefficient (Wildman–Crippen LogP) is 6.01. The van der Waals surface area contributed by atoms with E-state index in [-0.39, 0.29) is 17.2 Å². The molecule has 1 N–H and O–H groups in total. The highest BCUT2D eigenvalue weighted by Gasteiger charge is 2.25. The summed E-state index contributed by atoms with van der Waals surface area (Å²) >= 11 is 2.91. The van der Waals surface area contributed by atoms with Gasteiger partial charge in [0, 0.05) is 10.6 Å². The van der Waals surface area contributed by atoms with Gasteiger partial charge in [0.2, 0.25) is 5.91 Å². The van der Waals surface area contributed by atoms with Crippen LogP contribution in [0.15, 0.2) is 58.5 Å². The monoisotopic (exact) mass is 519 g/mol. The van der Waals surface area contributed by atoms with Gasteiger partial charge in [0.05, 0.1) is 23.4 Å². The van der Waals surface area contributed by atoms with Gasteiger partial charge in [-0.3, -0.25) is 14.2 Å². The van der Waals surface area contributed by atoms with Crippen LogP contribution in [0.5, 0.6) is 5.75 Å². The number of fused-ring (bicyclic) bond motifs is 3. The molecule has 8 heteroatoms. The highest BCUT2D eigenvalue weighted by Crippen LogP contribution is 2.37. The fourth-order valence-corrected chi connectivity index (χ4v) is 6.75. The number of rotatable bonds is 7. The average Bonchev–Trinajstić information content (AvgIpc) is 3.22. The van der Waals surface area contributed by atoms with E-state index in [9.17, 15) is 9.59 Å². The molecule has 1 atom stereocenters. The van der Waals surface area contributed by atoms with Crippen LogP contribution in [0.4, 0.5) is 5.69 Å². The van der Waals surface area contributed by atoms with Crippen LogP contribution in [-0.4, -0.2) is 27.8 Å². The lowest BCUT2D eigenvalue weighted by atomic mass is 9.89. The van der Waals surface area contributed by atoms with Gasteiger partial charge in [-0.05, 0) is 81.0 Å². The Hall–Kier alpha value is -3.10. The molecule has 5 rings (SSSR count). The van der Waals surface area contributed by atoms with Crippen LogP contribution in [0, 0.1) is 12.8 Å². The molecule has 2 aromatic carbocycles. The highest BCUT2D eigenvalue weighted by molar-refractivity contribution is 7.99. The van der Waals surface area contributed by atoms with Crippen molar-refractivity contribution in [1.29, 1.82) is 0 Å². The molecule has 36 heavy (non-hydrogen) atoms. The summed E-state index contributed by atoms with van der Waals surface area (Å²) in [7, 11) is 0. The van der Waals surface area contributed by atoms with Gasteiger partial charge in [-0.15, -0.1) is 11.3 Å². The molecule has 0 fully saturated rings. The molecule has 0 bridgehead atoms. The van der Waals surface area contributed by atoms with Crippen molar-refractivity contribution >= 4 is 44.9 Å². The Morgan fingerprint density at radius 3 is 2.67 bits per heavy atom. The van der Waals surface area contributed by atoms with E-state index in [1.807, 2.05) is 62.4 Å². The lowest BCUT2D eigenvalue weighted by molar-refractivity contribution is -0.113. The van der Waals surface area contributed by atoms with Gasteiger partial charge >= 0.3 is 0 Å². The maximum Gasteiger partial charge on any atom is 0.267 e. The molecule has 6 nitrogen and oxygen atoms in total. The van der Waals surface area contributed by atoms with Crippen molar-refractivity contribution in [2.24, 2.45) is 5.92 Å². The Balaban J connectivity index is 1.46. The van der Waals surface area contributed by atoms with Crippen molar-refractivity contribution in [3.05, 3.63) is 74.9 Å². The Bertz CT molecular complexity index is 1460. The largest absolute Gasteiger partial charge is 0.494 e. The number of nitrogens with one attached hydrogen (secondary N) is 1. The Morgan fingerprint density at radius 2 is 1.94 bits per heavy atom. The number of carbonyl (C=O) groups excluding carboxylic acids is 1. The van der Waals surface area contributed by atoms with Crippen LogP contribution in [-0.2, 0) is 17.6 Å². The minimum absolute atomic E-state index is 0.0506. The zero-order valence-corrected chi connectivity index (χ0v) is 22.3. The van der Waals surface area contributed by atoms with Gasteiger partial charge in [0.1, 0.15) is 10.6 Å². The number of thiophene rings is 1. The van der Waals surface area contributed by atoms with Crippen LogP contribution in [0.25, 0.3) is 15.9 Å². The van der Waals surface area contributed by atoms with Gasteiger partial charge in [0.15, 0.2) is 5.16 Å². The normalized spacial score (nSPS) is 15.0. The van der Waals surface area contributed by atoms with E-state index >= 15 is 0 Å². The summed E-state index contributed by atoms with van der Waals surface area (Å²) < 4.78 is 7.13. The number of carbonyl (C=O) groups is 1. The first-order chi connectivity index (χ1) is 17.4. The van der Waals surface area contributed by atoms with E-state index in [1.54, 1.807) is 15.9 Å². The standard InChI is InChI=1S/C28H29N3O3S2/c1-4-34-21-12-8-19(9-13-21)29-24(32)16-35-28-30-26-25(22-14-7-18(3)15-23(22)36-26)27(33)31(28)20-10-5-17(2)6-11-20/h5-6,8-13,18H,4,7,14-16H2,1-3H3,(H,29,32). The molecule has 0 spiro atoms. The summed E-state index contributed by atoms with van der Waals surface area (Å²) in [6.45, 7) is 6.80. The molecule has 0 saturated carbocycles. The fourth-order valence-electron chi connectivity index (χ4n) is 4.52. The second-order valence-corrected chi connectivity index (χ2v) is 11.2. The van der Waals surface area contributed by atoms with E-state index in [2.05, 4.69) is 12.2 Å². The molecule has 4 aromatic rings. The minimum atomic E-state index is -0.159. The number of aryl methyl sites for hydroxylation is 2. The van der Waals surface area contributed by atoms with Crippen molar-refractivity contribution in [2.75, 3.05) is 17.7 Å². The van der Waals surface area contributed by atoms with Crippen molar-refractivity contribution in [3.8, 4) is 11.4 Å². The average molecular weight is 520 g/mol. The van der Waals surface area contributed by atoms with Gasteiger partial charge in [-0.1, -0.05) is 36.4 Å². The van der Waals surface area contributed by atoms with E-state index in [4.69, 9.17) is 9.72 Å². The number of benzene rings is 2. The summed E-state index contributed by atoms with van der Waals surface area (Å²) in [6, 6.07) is 15.2. The zero-order valence-electron chi connectivity index (χ0n) is 20.7. The number of hydrogen-bond donors (Lipinski definition) is 1. The topological polar surface area (TPSA) is 73.2 Å². The van der Waals surface area contributed by atoms with E-state index in [1.165, 1.54) is 16.6 Å². The molecular formula is C28H29N3O3S2. The summed E-state index contributed by atoms with van der Waals surface area (Å²) in [5.74, 6) is 1.36. The van der Waals surface area contributed by atoms with Gasteiger partial charge < -0.3 is 10.1 Å². The maximum absolute atomic E-state index is 13.9. The van der Waals surface area contributed by atoms with Gasteiger partial charge in [-0.25, -0.2) is 4.98 Å². The summed E-state index contributed by atoms with van der Waals surface area (Å²) in [5, 5.41) is 4.19. The number of anilines is 1. The molecule has 1 aliphatic carbocycles. The molecule has 1 unspecified atom stereocenters. The number of hydrogen-bond acceptors (Lipinski definition) is 6. The Labute approximate surface area is 218 Å². The van der Waals surface area contributed by atoms with E-state index < -0.39 is 0 Å². The van der Waals surface area contributed by atoms with E-state index in [0.717, 1.165) is 52.0 Å². The van der Waals surface area contributed by atoms with Crippen molar-refractivity contribution in [1.82, 2.24) is 9.55 Å². The molecule has 2 heterocycles. The minimum Gasteiger partial charge on any atom is -0.494 e. The molecule has 186 valence electrons. The fraction of sp³-hybridized carbons (Fsp3) is 0.321. The quantitative estimate of drug-likeness (QED) is 0.239. The third-order valence-electron chi connectivity index (χ3n) is 6.37. The van der Waals surface area contributed by atoms with Crippen LogP contribution in [0.2, 0.25) is 0 Å². The number of amides is 1. The van der Waals surface area contributed by atoms with Crippen molar-refractivity contribution < 1.29 is 9.53 Å². The van der Waals surface area contributed by atoms with Crippen LogP contribution >= 0.6 is 23.1 Å². The molecule has 0 saturated heterocycles. The molecule has 0 aliphatic heterocycles. The van der Waals surface area contributed by atoms with Crippen molar-refractivity contribution in [2.45, 2.75) is 45.2 Å². The van der Waals surface area contributed by atoms with Crippen LogP contribution < -0.4 is 15.6 Å². The number of aromatic nitrogens is 2. The smallest absolute Gasteiger partial charge is 0.267 e. The summed E-state index contributed by atoms with van der Waals surface area (Å²) in [6.07, 6.45) is 3.00. The van der Waals surface area contributed by atoms with Gasteiger partial charge in [-0.2, -0.15) is 0 Å². The highest BCUT2D eigenvalue weighted by atomic mass is 32.2. The molecule has 0 radical (unpaired) electrons. The van der Waals surface area contributed by atoms with E-state index in [0.29, 0.717) is 23.4 Å². The molecule has 1 amide bonds. The third kappa shape index (κ3) is 5.06. The molecule has 2 aromatic heterocycles. The Kier molecular flexibility index (Phi) is 7.16. The first-order valence-electron chi connectivity index (χ1n) is 12.2. The number of nitrogens with zero attached hydrogens (tertiary/aromatic N) is 2.